The van der Waals surface area contributed by atoms with E-state index in [0.717, 1.165) is 31.2 Å². The third-order valence-corrected chi connectivity index (χ3v) is 5.86. The van der Waals surface area contributed by atoms with Gasteiger partial charge < -0.3 is 14.7 Å². The first-order chi connectivity index (χ1) is 14.2. The van der Waals surface area contributed by atoms with Crippen LogP contribution in [-0.4, -0.2) is 71.2 Å². The molecule has 29 heavy (non-hydrogen) atoms. The minimum absolute atomic E-state index is 0.584. The van der Waals surface area contributed by atoms with Crippen molar-refractivity contribution in [1.82, 2.24) is 25.3 Å². The molecule has 0 saturated carbocycles. The molecule has 156 valence electrons. The lowest BCUT2D eigenvalue weighted by Gasteiger charge is -2.25. The molecular formula is C21H29ClN6O. The number of aliphatic imine (C=N–C) groups is 1. The maximum atomic E-state index is 5.94. The van der Waals surface area contributed by atoms with Crippen LogP contribution >= 0.6 is 11.6 Å². The summed E-state index contributed by atoms with van der Waals surface area (Å²) >= 11 is 5.94. The quantitative estimate of drug-likeness (QED) is 0.576. The topological polar surface area (TPSA) is 69.8 Å². The predicted molar refractivity (Wildman–Crippen MR) is 115 cm³/mol. The third kappa shape index (κ3) is 5.08. The number of nitrogens with one attached hydrogen (secondary N) is 1. The fourth-order valence-corrected chi connectivity index (χ4v) is 4.22. The molecule has 2 fully saturated rings. The monoisotopic (exact) mass is 416 g/mol. The number of hydrogen-bond donors (Lipinski definition) is 1. The van der Waals surface area contributed by atoms with Crippen LogP contribution in [0.2, 0.25) is 5.02 Å². The van der Waals surface area contributed by atoms with Gasteiger partial charge in [0.1, 0.15) is 0 Å². The average molecular weight is 417 g/mol. The van der Waals surface area contributed by atoms with Crippen molar-refractivity contribution < 1.29 is 4.52 Å². The lowest BCUT2D eigenvalue weighted by atomic mass is 10.2. The number of benzene rings is 1. The Labute approximate surface area is 177 Å². The van der Waals surface area contributed by atoms with E-state index in [4.69, 9.17) is 21.1 Å². The van der Waals surface area contributed by atoms with E-state index in [9.17, 15) is 0 Å². The Morgan fingerprint density at radius 3 is 2.79 bits per heavy atom. The van der Waals surface area contributed by atoms with Crippen LogP contribution in [0, 0.1) is 0 Å². The van der Waals surface area contributed by atoms with E-state index in [1.807, 2.05) is 24.3 Å². The van der Waals surface area contributed by atoms with E-state index in [2.05, 4.69) is 32.2 Å². The van der Waals surface area contributed by atoms with Crippen molar-refractivity contribution >= 4 is 17.6 Å². The molecule has 3 heterocycles. The van der Waals surface area contributed by atoms with Crippen molar-refractivity contribution in [2.24, 2.45) is 4.99 Å². The molecular weight excluding hydrogens is 388 g/mol. The van der Waals surface area contributed by atoms with Gasteiger partial charge in [-0.3, -0.25) is 9.89 Å². The van der Waals surface area contributed by atoms with Crippen LogP contribution in [0.1, 0.15) is 32.1 Å². The first kappa shape index (κ1) is 20.2. The first-order valence-corrected chi connectivity index (χ1v) is 11.0. The number of nitrogens with zero attached hydrogens (tertiary/aromatic N) is 5. The van der Waals surface area contributed by atoms with Gasteiger partial charge in [-0.15, -0.1) is 0 Å². The Hall–Kier alpha value is -2.12. The van der Waals surface area contributed by atoms with Crippen LogP contribution in [0.25, 0.3) is 11.4 Å². The van der Waals surface area contributed by atoms with E-state index < -0.39 is 0 Å². The van der Waals surface area contributed by atoms with Gasteiger partial charge in [-0.1, -0.05) is 16.8 Å². The minimum Gasteiger partial charge on any atom is -0.357 e. The SMILES string of the molecule is CCNC(=NCCc1nc(-c2ccc(Cl)cc2)no1)N1CCC(N2CCCC2)C1. The third-order valence-electron chi connectivity index (χ3n) is 5.61. The van der Waals surface area contributed by atoms with Crippen molar-refractivity contribution in [2.45, 2.75) is 38.6 Å². The maximum Gasteiger partial charge on any atom is 0.228 e. The van der Waals surface area contributed by atoms with Gasteiger partial charge in [0.05, 0.1) is 6.54 Å². The van der Waals surface area contributed by atoms with Crippen LogP contribution in [0.5, 0.6) is 0 Å². The summed E-state index contributed by atoms with van der Waals surface area (Å²) in [5.74, 6) is 2.18. The highest BCUT2D eigenvalue weighted by Gasteiger charge is 2.30. The molecule has 2 aromatic rings. The van der Waals surface area contributed by atoms with E-state index in [0.29, 0.717) is 35.7 Å². The highest BCUT2D eigenvalue weighted by molar-refractivity contribution is 6.30. The Bertz CT molecular complexity index is 815. The largest absolute Gasteiger partial charge is 0.357 e. The summed E-state index contributed by atoms with van der Waals surface area (Å²) in [4.78, 5) is 14.3. The van der Waals surface area contributed by atoms with Crippen LogP contribution in [0.15, 0.2) is 33.8 Å². The summed E-state index contributed by atoms with van der Waals surface area (Å²) in [5, 5.41) is 8.20. The second-order valence-corrected chi connectivity index (χ2v) is 8.07. The highest BCUT2D eigenvalue weighted by Crippen LogP contribution is 2.21. The molecule has 2 saturated heterocycles. The summed E-state index contributed by atoms with van der Waals surface area (Å²) in [6, 6.07) is 8.10. The van der Waals surface area contributed by atoms with E-state index in [-0.39, 0.29) is 0 Å². The summed E-state index contributed by atoms with van der Waals surface area (Å²) < 4.78 is 5.40. The number of aromatic nitrogens is 2. The van der Waals surface area contributed by atoms with Gasteiger partial charge in [0.25, 0.3) is 0 Å². The molecule has 8 heteroatoms. The zero-order valence-electron chi connectivity index (χ0n) is 17.0. The van der Waals surface area contributed by atoms with Gasteiger partial charge in [-0.05, 0) is 63.5 Å². The standard InChI is InChI=1S/C21H29ClN6O/c1-2-23-21(28-14-10-18(15-28)27-12-3-4-13-27)24-11-9-19-25-20(26-29-19)16-5-7-17(22)8-6-16/h5-8,18H,2-4,9-15H2,1H3,(H,23,24). The molecule has 0 radical (unpaired) electrons. The highest BCUT2D eigenvalue weighted by atomic mass is 35.5. The van der Waals surface area contributed by atoms with Crippen LogP contribution < -0.4 is 5.32 Å². The van der Waals surface area contributed by atoms with Crippen molar-refractivity contribution in [3.63, 3.8) is 0 Å². The fourth-order valence-electron chi connectivity index (χ4n) is 4.09. The molecule has 1 N–H and O–H groups in total. The molecule has 0 spiro atoms. The van der Waals surface area contributed by atoms with Gasteiger partial charge in [0.15, 0.2) is 5.96 Å². The second-order valence-electron chi connectivity index (χ2n) is 7.64. The van der Waals surface area contributed by atoms with Crippen molar-refractivity contribution in [3.05, 3.63) is 35.2 Å². The molecule has 2 aliphatic rings. The van der Waals surface area contributed by atoms with Crippen LogP contribution in [0.4, 0.5) is 0 Å². The molecule has 0 aliphatic carbocycles. The number of hydrogen-bond acceptors (Lipinski definition) is 5. The number of guanidine groups is 1. The number of likely N-dealkylation sites (tertiary alicyclic amines) is 2. The molecule has 0 bridgehead atoms. The summed E-state index contributed by atoms with van der Waals surface area (Å²) in [6.45, 7) is 8.22. The normalized spacial score (nSPS) is 20.6. The zero-order chi connectivity index (χ0) is 20.1. The summed E-state index contributed by atoms with van der Waals surface area (Å²) in [6.07, 6.45) is 4.52. The Balaban J connectivity index is 1.33. The maximum absolute atomic E-state index is 5.94. The molecule has 1 aromatic heterocycles. The first-order valence-electron chi connectivity index (χ1n) is 10.6. The molecule has 1 aromatic carbocycles. The lowest BCUT2D eigenvalue weighted by Crippen LogP contribution is -2.42. The van der Waals surface area contributed by atoms with E-state index in [1.54, 1.807) is 0 Å². The predicted octanol–water partition coefficient (Wildman–Crippen LogP) is 3.07. The summed E-state index contributed by atoms with van der Waals surface area (Å²) in [5.41, 5.74) is 0.895. The molecule has 0 amide bonds. The molecule has 4 rings (SSSR count). The Kier molecular flexibility index (Phi) is 6.67. The number of halogens is 1. The van der Waals surface area contributed by atoms with Crippen LogP contribution in [-0.2, 0) is 6.42 Å². The molecule has 1 unspecified atom stereocenters. The zero-order valence-corrected chi connectivity index (χ0v) is 17.7. The minimum atomic E-state index is 0.584. The Morgan fingerprint density at radius 1 is 1.24 bits per heavy atom. The summed E-state index contributed by atoms with van der Waals surface area (Å²) in [7, 11) is 0. The smallest absolute Gasteiger partial charge is 0.228 e. The lowest BCUT2D eigenvalue weighted by molar-refractivity contribution is 0.249. The van der Waals surface area contributed by atoms with Gasteiger partial charge in [0.2, 0.25) is 11.7 Å². The number of rotatable bonds is 6. The molecule has 7 nitrogen and oxygen atoms in total. The van der Waals surface area contributed by atoms with Gasteiger partial charge in [-0.25, -0.2) is 0 Å². The van der Waals surface area contributed by atoms with Gasteiger partial charge in [-0.2, -0.15) is 4.98 Å². The van der Waals surface area contributed by atoms with E-state index >= 15 is 0 Å². The average Bonchev–Trinajstić information content (AvgIpc) is 3.48. The van der Waals surface area contributed by atoms with Crippen molar-refractivity contribution in [1.29, 1.82) is 0 Å². The second kappa shape index (κ2) is 9.59. The fraction of sp³-hybridized carbons (Fsp3) is 0.571. The van der Waals surface area contributed by atoms with Gasteiger partial charge in [0, 0.05) is 42.7 Å². The Morgan fingerprint density at radius 2 is 2.03 bits per heavy atom. The van der Waals surface area contributed by atoms with Crippen molar-refractivity contribution in [3.8, 4) is 11.4 Å². The molecule has 2 aliphatic heterocycles. The van der Waals surface area contributed by atoms with Crippen molar-refractivity contribution in [2.75, 3.05) is 39.3 Å². The van der Waals surface area contributed by atoms with Gasteiger partial charge >= 0.3 is 0 Å². The van der Waals surface area contributed by atoms with Crippen LogP contribution in [0.3, 0.4) is 0 Å². The van der Waals surface area contributed by atoms with E-state index in [1.165, 1.54) is 32.4 Å². The molecule has 1 atom stereocenters.